The van der Waals surface area contributed by atoms with E-state index in [1.54, 1.807) is 6.07 Å². The van der Waals surface area contributed by atoms with Gasteiger partial charge in [-0.1, -0.05) is 56.3 Å². The van der Waals surface area contributed by atoms with Crippen molar-refractivity contribution in [3.05, 3.63) is 76.4 Å². The molecular weight excluding hydrogens is 322 g/mol. The van der Waals surface area contributed by atoms with Crippen molar-refractivity contribution in [2.45, 2.75) is 45.1 Å². The molecule has 0 saturated carbocycles. The Bertz CT molecular complexity index is 880. The Kier molecular flexibility index (Phi) is 4.10. The Morgan fingerprint density at radius 1 is 1.15 bits per heavy atom. The van der Waals surface area contributed by atoms with E-state index in [-0.39, 0.29) is 12.0 Å². The molecule has 0 saturated heterocycles. The minimum absolute atomic E-state index is 0.159. The van der Waals surface area contributed by atoms with Crippen LogP contribution in [0.1, 0.15) is 70.8 Å². The molecule has 0 bridgehead atoms. The Morgan fingerprint density at radius 3 is 2.54 bits per heavy atom. The number of aromatic carboxylic acids is 1. The van der Waals surface area contributed by atoms with E-state index in [9.17, 15) is 9.90 Å². The molecule has 0 amide bonds. The van der Waals surface area contributed by atoms with Crippen LogP contribution >= 0.6 is 0 Å². The number of benzene rings is 2. The molecule has 1 heterocycles. The largest absolute Gasteiger partial charge is 0.478 e. The summed E-state index contributed by atoms with van der Waals surface area (Å²) in [6, 6.07) is 12.7. The van der Waals surface area contributed by atoms with Gasteiger partial charge in [-0.15, -0.1) is 0 Å². The third-order valence-electron chi connectivity index (χ3n) is 5.92. The van der Waals surface area contributed by atoms with Crippen molar-refractivity contribution in [3.8, 4) is 0 Å². The van der Waals surface area contributed by atoms with Crippen molar-refractivity contribution in [1.82, 2.24) is 0 Å². The first-order chi connectivity index (χ1) is 12.5. The van der Waals surface area contributed by atoms with Crippen LogP contribution in [0.15, 0.2) is 48.6 Å². The van der Waals surface area contributed by atoms with Crippen LogP contribution in [-0.4, -0.2) is 11.1 Å². The average Bonchev–Trinajstić information content (AvgIpc) is 3.11. The van der Waals surface area contributed by atoms with E-state index >= 15 is 0 Å². The fourth-order valence-corrected chi connectivity index (χ4v) is 4.46. The lowest BCUT2D eigenvalue weighted by Crippen LogP contribution is -2.31. The minimum atomic E-state index is -0.846. The van der Waals surface area contributed by atoms with E-state index in [0.29, 0.717) is 17.4 Å². The summed E-state index contributed by atoms with van der Waals surface area (Å²) in [6.07, 6.45) is 5.38. The maximum Gasteiger partial charge on any atom is 0.336 e. The van der Waals surface area contributed by atoms with Gasteiger partial charge in [0.15, 0.2) is 0 Å². The normalized spacial score (nSPS) is 23.5. The first-order valence-corrected chi connectivity index (χ1v) is 9.37. The summed E-state index contributed by atoms with van der Waals surface area (Å²) in [5.41, 5.74) is 6.09. The molecule has 2 aliphatic rings. The Hall–Kier alpha value is -2.55. The highest BCUT2D eigenvalue weighted by atomic mass is 16.4. The van der Waals surface area contributed by atoms with Gasteiger partial charge in [0.1, 0.15) is 0 Å². The van der Waals surface area contributed by atoms with Gasteiger partial charge < -0.3 is 10.4 Å². The average molecular weight is 347 g/mol. The molecule has 1 aliphatic heterocycles. The van der Waals surface area contributed by atoms with Crippen LogP contribution in [0.3, 0.4) is 0 Å². The zero-order valence-electron chi connectivity index (χ0n) is 15.5. The maximum atomic E-state index is 11.8. The minimum Gasteiger partial charge on any atom is -0.478 e. The third kappa shape index (κ3) is 2.63. The molecule has 2 N–H and O–H groups in total. The van der Waals surface area contributed by atoms with Gasteiger partial charge in [-0.2, -0.15) is 0 Å². The van der Waals surface area contributed by atoms with Gasteiger partial charge in [-0.25, -0.2) is 4.79 Å². The second-order valence-corrected chi connectivity index (χ2v) is 7.82. The summed E-state index contributed by atoms with van der Waals surface area (Å²) in [6.45, 7) is 6.46. The van der Waals surface area contributed by atoms with Gasteiger partial charge in [-0.3, -0.25) is 0 Å². The van der Waals surface area contributed by atoms with E-state index in [1.165, 1.54) is 11.1 Å². The number of carbonyl (C=O) groups is 1. The highest BCUT2D eigenvalue weighted by Gasteiger charge is 2.40. The molecule has 134 valence electrons. The van der Waals surface area contributed by atoms with Gasteiger partial charge in [-0.05, 0) is 53.5 Å². The molecule has 0 spiro atoms. The van der Waals surface area contributed by atoms with Crippen LogP contribution in [0.5, 0.6) is 0 Å². The summed E-state index contributed by atoms with van der Waals surface area (Å²) in [4.78, 5) is 11.8. The molecule has 0 aromatic heterocycles. The summed E-state index contributed by atoms with van der Waals surface area (Å²) in [5.74, 6) is 0.187. The van der Waals surface area contributed by atoms with Crippen molar-refractivity contribution in [1.29, 1.82) is 0 Å². The topological polar surface area (TPSA) is 49.3 Å². The van der Waals surface area contributed by atoms with Crippen molar-refractivity contribution >= 4 is 11.7 Å². The number of aryl methyl sites for hydroxylation is 1. The van der Waals surface area contributed by atoms with Gasteiger partial charge in [0.05, 0.1) is 11.6 Å². The lowest BCUT2D eigenvalue weighted by Gasteiger charge is -2.39. The SMILES string of the molecule is Cc1ccc(C(=O)O)c2c1N[C@H](c1ccc(C(C)C)cc1)[C@@H]1CC=C[C@H]21. The quantitative estimate of drug-likeness (QED) is 0.706. The molecule has 0 unspecified atom stereocenters. The molecular formula is C23H25NO2. The number of nitrogens with one attached hydrogen (secondary N) is 1. The number of hydrogen-bond donors (Lipinski definition) is 2. The standard InChI is InChI=1S/C23H25NO2/c1-13(2)15-8-10-16(11-9-15)22-18-6-4-5-17(18)20-19(23(25)26)12-7-14(3)21(20)24-22/h4-5,7-13,17-18,22,24H,6H2,1-3H3,(H,25,26)/t17-,18+,22+/m0/s1. The number of hydrogen-bond acceptors (Lipinski definition) is 2. The van der Waals surface area contributed by atoms with Gasteiger partial charge in [0.25, 0.3) is 0 Å². The summed E-state index contributed by atoms with van der Waals surface area (Å²) in [5, 5.41) is 13.4. The third-order valence-corrected chi connectivity index (χ3v) is 5.92. The van der Waals surface area contributed by atoms with Crippen LogP contribution in [0.2, 0.25) is 0 Å². The van der Waals surface area contributed by atoms with Crippen LogP contribution in [0.4, 0.5) is 5.69 Å². The smallest absolute Gasteiger partial charge is 0.336 e. The molecule has 0 fully saturated rings. The first-order valence-electron chi connectivity index (χ1n) is 9.37. The number of allylic oxidation sites excluding steroid dienone is 2. The van der Waals surface area contributed by atoms with Crippen LogP contribution in [0, 0.1) is 12.8 Å². The van der Waals surface area contributed by atoms with Crippen molar-refractivity contribution < 1.29 is 9.90 Å². The number of fused-ring (bicyclic) bond motifs is 3. The monoisotopic (exact) mass is 347 g/mol. The van der Waals surface area contributed by atoms with Gasteiger partial charge in [0.2, 0.25) is 0 Å². The lowest BCUT2D eigenvalue weighted by molar-refractivity contribution is 0.0695. The second-order valence-electron chi connectivity index (χ2n) is 7.82. The number of rotatable bonds is 3. The molecule has 3 atom stereocenters. The predicted octanol–water partition coefficient (Wildman–Crippen LogP) is 5.64. The highest BCUT2D eigenvalue weighted by molar-refractivity contribution is 5.93. The van der Waals surface area contributed by atoms with E-state index < -0.39 is 5.97 Å². The van der Waals surface area contributed by atoms with E-state index in [2.05, 4.69) is 62.5 Å². The van der Waals surface area contributed by atoms with Crippen LogP contribution in [-0.2, 0) is 0 Å². The number of carboxylic acids is 1. The second kappa shape index (κ2) is 6.31. The van der Waals surface area contributed by atoms with Gasteiger partial charge in [0, 0.05) is 11.6 Å². The number of anilines is 1. The Morgan fingerprint density at radius 2 is 1.88 bits per heavy atom. The molecule has 2 aromatic rings. The fraction of sp³-hybridized carbons (Fsp3) is 0.348. The van der Waals surface area contributed by atoms with E-state index in [4.69, 9.17) is 0 Å². The Balaban J connectivity index is 1.80. The lowest BCUT2D eigenvalue weighted by atomic mass is 9.74. The maximum absolute atomic E-state index is 11.8. The molecule has 3 nitrogen and oxygen atoms in total. The molecule has 0 radical (unpaired) electrons. The summed E-state index contributed by atoms with van der Waals surface area (Å²) >= 11 is 0. The zero-order chi connectivity index (χ0) is 18.4. The molecule has 2 aromatic carbocycles. The molecule has 3 heteroatoms. The van der Waals surface area contributed by atoms with Crippen LogP contribution < -0.4 is 5.32 Å². The van der Waals surface area contributed by atoms with Gasteiger partial charge >= 0.3 is 5.97 Å². The van der Waals surface area contributed by atoms with Crippen molar-refractivity contribution in [2.75, 3.05) is 5.32 Å². The van der Waals surface area contributed by atoms with E-state index in [1.807, 2.05) is 6.07 Å². The van der Waals surface area contributed by atoms with E-state index in [0.717, 1.165) is 23.2 Å². The molecule has 26 heavy (non-hydrogen) atoms. The summed E-state index contributed by atoms with van der Waals surface area (Å²) in [7, 11) is 0. The first kappa shape index (κ1) is 16.9. The zero-order valence-corrected chi connectivity index (χ0v) is 15.5. The highest BCUT2D eigenvalue weighted by Crippen LogP contribution is 2.51. The van der Waals surface area contributed by atoms with Crippen molar-refractivity contribution in [3.63, 3.8) is 0 Å². The number of carboxylic acid groups (broad SMARTS) is 1. The van der Waals surface area contributed by atoms with Crippen molar-refractivity contribution in [2.24, 2.45) is 5.92 Å². The molecule has 1 aliphatic carbocycles. The van der Waals surface area contributed by atoms with Crippen LogP contribution in [0.25, 0.3) is 0 Å². The Labute approximate surface area is 154 Å². The fourth-order valence-electron chi connectivity index (χ4n) is 4.46. The summed E-state index contributed by atoms with van der Waals surface area (Å²) < 4.78 is 0. The molecule has 4 rings (SSSR count). The predicted molar refractivity (Wildman–Crippen MR) is 105 cm³/mol.